The molecule has 9 nitrogen and oxygen atoms in total. The fourth-order valence-corrected chi connectivity index (χ4v) is 8.72. The summed E-state index contributed by atoms with van der Waals surface area (Å²) in [7, 11) is 5.89. The summed E-state index contributed by atoms with van der Waals surface area (Å²) < 4.78 is 22.5. The van der Waals surface area contributed by atoms with Gasteiger partial charge in [0.25, 0.3) is 0 Å². The van der Waals surface area contributed by atoms with Crippen molar-refractivity contribution < 1.29 is 42.9 Å². The minimum absolute atomic E-state index is 0.0131. The number of carbonyl (C=O) groups is 3. The monoisotopic (exact) mass is 1100 g/mol. The van der Waals surface area contributed by atoms with Gasteiger partial charge in [-0.2, -0.15) is 0 Å². The third-order valence-corrected chi connectivity index (χ3v) is 13.5. The summed E-state index contributed by atoms with van der Waals surface area (Å²) in [5.74, 6) is -2.45. The van der Waals surface area contributed by atoms with Crippen molar-refractivity contribution in [3.05, 3.63) is 109 Å². The molecule has 9 heteroatoms. The van der Waals surface area contributed by atoms with Crippen molar-refractivity contribution in [3.63, 3.8) is 0 Å². The van der Waals surface area contributed by atoms with Crippen LogP contribution in [0.2, 0.25) is 0 Å². The number of aliphatic carboxylic acids is 1. The van der Waals surface area contributed by atoms with Crippen molar-refractivity contribution in [1.82, 2.24) is 0 Å². The summed E-state index contributed by atoms with van der Waals surface area (Å²) in [5.41, 5.74) is 0. The van der Waals surface area contributed by atoms with Gasteiger partial charge in [-0.1, -0.05) is 277 Å². The number of quaternary nitrogens is 1. The molecular weight excluding hydrogens is 983 g/mol. The van der Waals surface area contributed by atoms with Gasteiger partial charge in [-0.25, -0.2) is 0 Å². The molecule has 0 N–H and O–H groups in total. The number of nitrogens with zero attached hydrogens (tertiary/aromatic N) is 1. The molecule has 0 bridgehead atoms. The number of hydrogen-bond donors (Lipinski definition) is 0. The Balaban J connectivity index is 4.00. The summed E-state index contributed by atoms with van der Waals surface area (Å²) in [5, 5.41) is 11.8. The van der Waals surface area contributed by atoms with Crippen molar-refractivity contribution >= 4 is 17.9 Å². The fourth-order valence-electron chi connectivity index (χ4n) is 8.72. The zero-order chi connectivity index (χ0) is 57.6. The molecule has 0 aliphatic rings. The lowest BCUT2D eigenvalue weighted by Gasteiger charge is -2.26. The van der Waals surface area contributed by atoms with Gasteiger partial charge in [0.15, 0.2) is 12.4 Å². The Morgan fingerprint density at radius 2 is 0.722 bits per heavy atom. The van der Waals surface area contributed by atoms with Crippen LogP contribution in [-0.4, -0.2) is 82.3 Å². The van der Waals surface area contributed by atoms with Crippen molar-refractivity contribution in [3.8, 4) is 0 Å². The van der Waals surface area contributed by atoms with E-state index in [1.807, 2.05) is 33.3 Å². The first-order valence-electron chi connectivity index (χ1n) is 32.0. The van der Waals surface area contributed by atoms with Gasteiger partial charge >= 0.3 is 11.9 Å². The van der Waals surface area contributed by atoms with E-state index in [1.165, 1.54) is 154 Å². The first-order valence-corrected chi connectivity index (χ1v) is 32.0. The molecule has 0 saturated heterocycles. The summed E-state index contributed by atoms with van der Waals surface area (Å²) in [6, 6.07) is 0. The van der Waals surface area contributed by atoms with E-state index in [-0.39, 0.29) is 38.6 Å². The topological polar surface area (TPSA) is 111 Å². The van der Waals surface area contributed by atoms with Gasteiger partial charge in [-0.05, 0) is 77.0 Å². The zero-order valence-corrected chi connectivity index (χ0v) is 51.5. The standard InChI is InChI=1S/C70H119NO8/c1-6-8-10-12-14-16-18-20-22-23-24-25-26-27-28-29-30-31-32-33-34-35-36-37-38-39-40-41-42-43-44-45-47-48-50-52-54-56-58-60-67(72)77-64-66(65-78-70(69(74)75)76-63-62-71(3,4)5)79-68(73)61-59-57-55-53-51-49-46-21-19-17-15-13-11-9-7-2/h8-11,14-17,20-22,24-25,46,51,53,57,59,66,70H,6-7,12-13,18-19,23,26-45,47-50,52,54-56,58,60-65H2,1-5H3/b10-8-,11-9-,16-14-,17-15-,22-20-,25-24-,46-21-,53-51-,59-57-. The molecule has 0 fully saturated rings. The number of carboxylic acid groups (broad SMARTS) is 1. The smallest absolute Gasteiger partial charge is 0.310 e. The van der Waals surface area contributed by atoms with Crippen molar-refractivity contribution in [2.24, 2.45) is 0 Å². The molecule has 0 aromatic heterocycles. The fraction of sp³-hybridized carbons (Fsp3) is 0.700. The minimum atomic E-state index is -1.65. The van der Waals surface area contributed by atoms with E-state index in [1.54, 1.807) is 6.08 Å². The van der Waals surface area contributed by atoms with E-state index in [4.69, 9.17) is 18.9 Å². The molecule has 0 aliphatic heterocycles. The van der Waals surface area contributed by atoms with Crippen molar-refractivity contribution in [1.29, 1.82) is 0 Å². The number of hydrogen-bond acceptors (Lipinski definition) is 8. The van der Waals surface area contributed by atoms with Crippen LogP contribution in [0, 0.1) is 0 Å². The van der Waals surface area contributed by atoms with E-state index in [9.17, 15) is 19.5 Å². The van der Waals surface area contributed by atoms with E-state index in [0.29, 0.717) is 17.4 Å². The van der Waals surface area contributed by atoms with Gasteiger partial charge in [-0.15, -0.1) is 0 Å². The van der Waals surface area contributed by atoms with Crippen LogP contribution >= 0.6 is 0 Å². The first kappa shape index (κ1) is 75.0. The van der Waals surface area contributed by atoms with Crippen LogP contribution in [0.15, 0.2) is 109 Å². The molecule has 79 heavy (non-hydrogen) atoms. The number of unbranched alkanes of at least 4 members (excludes halogenated alkanes) is 26. The van der Waals surface area contributed by atoms with Crippen LogP contribution in [0.5, 0.6) is 0 Å². The van der Waals surface area contributed by atoms with Crippen LogP contribution in [-0.2, 0) is 33.3 Å². The lowest BCUT2D eigenvalue weighted by Crippen LogP contribution is -2.44. The Bertz CT molecular complexity index is 1660. The SMILES string of the molecule is CC/C=C\C/C=C\C/C=C\C/C=C\C/C=C\CC(=O)OC(COC(=O)CCCCCCCCCCCCCCCCCCCCCCCCCCCC/C=C\C/C=C\C/C=C\C/C=C\CC)COC(OCC[N+](C)(C)C)C(=O)[O-]. The predicted molar refractivity (Wildman–Crippen MR) is 333 cm³/mol. The summed E-state index contributed by atoms with van der Waals surface area (Å²) >= 11 is 0. The lowest BCUT2D eigenvalue weighted by atomic mass is 10.0. The molecule has 0 aromatic carbocycles. The second-order valence-corrected chi connectivity index (χ2v) is 22.3. The average Bonchev–Trinajstić information content (AvgIpc) is 3.42. The zero-order valence-electron chi connectivity index (χ0n) is 51.5. The molecule has 2 unspecified atom stereocenters. The maximum absolute atomic E-state index is 12.8. The Morgan fingerprint density at radius 1 is 0.392 bits per heavy atom. The maximum atomic E-state index is 12.8. The Hall–Kier alpha value is -4.05. The average molecular weight is 1100 g/mol. The molecule has 0 aliphatic carbocycles. The predicted octanol–water partition coefficient (Wildman–Crippen LogP) is 18.1. The molecular formula is C70H119NO8. The van der Waals surface area contributed by atoms with E-state index >= 15 is 0 Å². The largest absolute Gasteiger partial charge is 0.545 e. The first-order chi connectivity index (χ1) is 38.6. The highest BCUT2D eigenvalue weighted by molar-refractivity contribution is 5.71. The lowest BCUT2D eigenvalue weighted by molar-refractivity contribution is -0.870. The third kappa shape index (κ3) is 61.4. The Kier molecular flexibility index (Phi) is 57.0. The van der Waals surface area contributed by atoms with Gasteiger partial charge in [0.2, 0.25) is 0 Å². The number of carboxylic acids is 1. The molecule has 0 spiro atoms. The van der Waals surface area contributed by atoms with E-state index in [0.717, 1.165) is 70.6 Å². The third-order valence-electron chi connectivity index (χ3n) is 13.5. The molecule has 0 heterocycles. The molecule has 452 valence electrons. The summed E-state index contributed by atoms with van der Waals surface area (Å²) in [6.45, 7) is 4.41. The highest BCUT2D eigenvalue weighted by atomic mass is 16.7. The molecule has 0 radical (unpaired) electrons. The van der Waals surface area contributed by atoms with Crippen molar-refractivity contribution in [2.45, 2.75) is 270 Å². The van der Waals surface area contributed by atoms with E-state index < -0.39 is 24.3 Å². The number of likely N-dealkylation sites (N-methyl/N-ethyl adjacent to an activating group) is 1. The van der Waals surface area contributed by atoms with Gasteiger partial charge in [-0.3, -0.25) is 9.59 Å². The molecule has 0 saturated carbocycles. The van der Waals surface area contributed by atoms with Gasteiger partial charge in [0.1, 0.15) is 13.2 Å². The second-order valence-electron chi connectivity index (χ2n) is 22.3. The summed E-state index contributed by atoms with van der Waals surface area (Å²) in [6.07, 6.45) is 80.8. The minimum Gasteiger partial charge on any atom is -0.545 e. The highest BCUT2D eigenvalue weighted by Crippen LogP contribution is 2.17. The van der Waals surface area contributed by atoms with Gasteiger partial charge < -0.3 is 33.3 Å². The quantitative estimate of drug-likeness (QED) is 0.0195. The highest BCUT2D eigenvalue weighted by Gasteiger charge is 2.21. The molecule has 0 aromatic rings. The number of rotatable bonds is 58. The van der Waals surface area contributed by atoms with Crippen LogP contribution in [0.3, 0.4) is 0 Å². The van der Waals surface area contributed by atoms with Crippen LogP contribution < -0.4 is 5.11 Å². The number of ether oxygens (including phenoxy) is 4. The van der Waals surface area contributed by atoms with Crippen LogP contribution in [0.25, 0.3) is 0 Å². The van der Waals surface area contributed by atoms with Crippen LogP contribution in [0.4, 0.5) is 0 Å². The normalized spacial score (nSPS) is 13.5. The Labute approximate surface area is 485 Å². The molecule has 0 rings (SSSR count). The second kappa shape index (κ2) is 60.1. The number of allylic oxidation sites excluding steroid dienone is 17. The molecule has 0 amide bonds. The van der Waals surface area contributed by atoms with Gasteiger partial charge in [0, 0.05) is 6.42 Å². The van der Waals surface area contributed by atoms with Gasteiger partial charge in [0.05, 0.1) is 46.7 Å². The maximum Gasteiger partial charge on any atom is 0.310 e. The van der Waals surface area contributed by atoms with E-state index in [2.05, 4.69) is 105 Å². The molecule has 2 atom stereocenters. The number of esters is 2. The van der Waals surface area contributed by atoms with Crippen molar-refractivity contribution in [2.75, 3.05) is 47.5 Å². The Morgan fingerprint density at radius 3 is 1.08 bits per heavy atom. The summed E-state index contributed by atoms with van der Waals surface area (Å²) in [4.78, 5) is 37.2. The van der Waals surface area contributed by atoms with Crippen LogP contribution in [0.1, 0.15) is 258 Å². The number of carbonyl (C=O) groups excluding carboxylic acids is 3.